The van der Waals surface area contributed by atoms with E-state index in [9.17, 15) is 4.79 Å². The maximum Gasteiger partial charge on any atom is 0.251 e. The molecule has 4 nitrogen and oxygen atoms in total. The van der Waals surface area contributed by atoms with Crippen molar-refractivity contribution in [2.75, 3.05) is 6.54 Å². The summed E-state index contributed by atoms with van der Waals surface area (Å²) in [4.78, 5) is 19.2. The lowest BCUT2D eigenvalue weighted by Gasteiger charge is -2.22. The fourth-order valence-corrected chi connectivity index (χ4v) is 2.48. The second kappa shape index (κ2) is 6.12. The normalized spacial score (nSPS) is 11.4. The lowest BCUT2D eigenvalue weighted by atomic mass is 9.83. The first-order valence-corrected chi connectivity index (χ1v) is 7.25. The maximum absolute atomic E-state index is 12.1. The Morgan fingerprint density at radius 3 is 2.67 bits per heavy atom. The van der Waals surface area contributed by atoms with Crippen molar-refractivity contribution >= 4 is 5.91 Å². The Balaban J connectivity index is 1.98. The predicted molar refractivity (Wildman–Crippen MR) is 84.5 cm³/mol. The second-order valence-electron chi connectivity index (χ2n) is 6.35. The molecule has 112 valence electrons. The van der Waals surface area contributed by atoms with Crippen molar-refractivity contribution in [3.8, 4) is 0 Å². The van der Waals surface area contributed by atoms with Crippen LogP contribution in [0.3, 0.4) is 0 Å². The third-order valence-corrected chi connectivity index (χ3v) is 3.52. The van der Waals surface area contributed by atoms with Crippen LogP contribution in [0.25, 0.3) is 0 Å². The van der Waals surface area contributed by atoms with E-state index in [0.717, 1.165) is 17.7 Å². The molecule has 1 aromatic heterocycles. The number of aryl methyl sites for hydroxylation is 1. The summed E-state index contributed by atoms with van der Waals surface area (Å²) in [5.74, 6) is -0.0332. The molecule has 2 rings (SSSR count). The van der Waals surface area contributed by atoms with Gasteiger partial charge in [-0.15, -0.1) is 0 Å². The first-order chi connectivity index (χ1) is 9.88. The molecule has 0 aliphatic heterocycles. The van der Waals surface area contributed by atoms with Crippen LogP contribution < -0.4 is 5.32 Å². The number of amides is 1. The molecule has 2 aromatic rings. The van der Waals surface area contributed by atoms with Crippen LogP contribution in [-0.4, -0.2) is 22.4 Å². The molecule has 0 aliphatic rings. The molecule has 0 radical (unpaired) electrons. The van der Waals surface area contributed by atoms with Gasteiger partial charge in [0.05, 0.1) is 12.0 Å². The average Bonchev–Trinajstić information content (AvgIpc) is 2.90. The van der Waals surface area contributed by atoms with Crippen LogP contribution in [-0.2, 0) is 11.8 Å². The molecule has 1 amide bonds. The standard InChI is InChI=1S/C17H23N3O/c1-12-9-13(5-6-15(12)17(2,3)4)16(21)19-8-7-14-10-18-11-20-14/h5-6,9-11H,7-8H2,1-4H3,(H,18,20)(H,19,21). The van der Waals surface area contributed by atoms with Crippen LogP contribution in [0.2, 0.25) is 0 Å². The molecule has 0 fully saturated rings. The molecule has 4 heteroatoms. The zero-order valence-corrected chi connectivity index (χ0v) is 13.2. The molecule has 21 heavy (non-hydrogen) atoms. The molecule has 0 spiro atoms. The summed E-state index contributed by atoms with van der Waals surface area (Å²) in [5, 5.41) is 2.93. The minimum absolute atomic E-state index is 0.0332. The van der Waals surface area contributed by atoms with Gasteiger partial charge in [0.2, 0.25) is 0 Å². The summed E-state index contributed by atoms with van der Waals surface area (Å²) in [5.41, 5.74) is 4.19. The molecule has 1 heterocycles. The number of nitrogens with one attached hydrogen (secondary N) is 2. The van der Waals surface area contributed by atoms with E-state index in [0.29, 0.717) is 12.1 Å². The highest BCUT2D eigenvalue weighted by Gasteiger charge is 2.17. The summed E-state index contributed by atoms with van der Waals surface area (Å²) in [6, 6.07) is 5.92. The lowest BCUT2D eigenvalue weighted by molar-refractivity contribution is 0.0954. The molecule has 1 aromatic carbocycles. The molecule has 0 atom stereocenters. The molecule has 0 bridgehead atoms. The number of benzene rings is 1. The smallest absolute Gasteiger partial charge is 0.251 e. The summed E-state index contributed by atoms with van der Waals surface area (Å²) < 4.78 is 0. The lowest BCUT2D eigenvalue weighted by Crippen LogP contribution is -2.26. The van der Waals surface area contributed by atoms with Gasteiger partial charge in [-0.25, -0.2) is 4.98 Å². The SMILES string of the molecule is Cc1cc(C(=O)NCCc2c[nH]cn2)ccc1C(C)(C)C. The Kier molecular flexibility index (Phi) is 4.46. The fraction of sp³-hybridized carbons (Fsp3) is 0.412. The van der Waals surface area contributed by atoms with Gasteiger partial charge in [-0.1, -0.05) is 26.8 Å². The average molecular weight is 285 g/mol. The van der Waals surface area contributed by atoms with E-state index in [2.05, 4.69) is 49.0 Å². The first-order valence-electron chi connectivity index (χ1n) is 7.25. The van der Waals surface area contributed by atoms with Crippen molar-refractivity contribution in [1.82, 2.24) is 15.3 Å². The Morgan fingerprint density at radius 2 is 2.10 bits per heavy atom. The predicted octanol–water partition coefficient (Wildman–Crippen LogP) is 2.99. The van der Waals surface area contributed by atoms with Gasteiger partial charge >= 0.3 is 0 Å². The van der Waals surface area contributed by atoms with Crippen LogP contribution >= 0.6 is 0 Å². The van der Waals surface area contributed by atoms with Gasteiger partial charge in [0, 0.05) is 24.7 Å². The number of carbonyl (C=O) groups is 1. The van der Waals surface area contributed by atoms with Gasteiger partial charge in [-0.3, -0.25) is 4.79 Å². The number of aromatic nitrogens is 2. The summed E-state index contributed by atoms with van der Waals surface area (Å²) >= 11 is 0. The first kappa shape index (κ1) is 15.3. The zero-order chi connectivity index (χ0) is 15.5. The van der Waals surface area contributed by atoms with Gasteiger partial charge in [0.25, 0.3) is 5.91 Å². The van der Waals surface area contributed by atoms with E-state index in [1.54, 1.807) is 6.33 Å². The van der Waals surface area contributed by atoms with E-state index in [4.69, 9.17) is 0 Å². The van der Waals surface area contributed by atoms with E-state index < -0.39 is 0 Å². The highest BCUT2D eigenvalue weighted by molar-refractivity contribution is 5.94. The highest BCUT2D eigenvalue weighted by Crippen LogP contribution is 2.26. The van der Waals surface area contributed by atoms with Crippen LogP contribution in [0.5, 0.6) is 0 Å². The second-order valence-corrected chi connectivity index (χ2v) is 6.35. The van der Waals surface area contributed by atoms with Crippen LogP contribution in [0.4, 0.5) is 0 Å². The topological polar surface area (TPSA) is 57.8 Å². The molecule has 0 unspecified atom stereocenters. The van der Waals surface area contributed by atoms with Crippen LogP contribution in [0.15, 0.2) is 30.7 Å². The number of aromatic amines is 1. The minimum Gasteiger partial charge on any atom is -0.352 e. The largest absolute Gasteiger partial charge is 0.352 e. The Hall–Kier alpha value is -2.10. The van der Waals surface area contributed by atoms with E-state index in [1.807, 2.05) is 18.3 Å². The molecule has 0 aliphatic carbocycles. The molecule has 2 N–H and O–H groups in total. The number of hydrogen-bond donors (Lipinski definition) is 2. The Morgan fingerprint density at radius 1 is 1.33 bits per heavy atom. The summed E-state index contributed by atoms with van der Waals surface area (Å²) in [6.45, 7) is 9.18. The van der Waals surface area contributed by atoms with Crippen molar-refractivity contribution < 1.29 is 4.79 Å². The van der Waals surface area contributed by atoms with Gasteiger partial charge in [0.1, 0.15) is 0 Å². The maximum atomic E-state index is 12.1. The molecule has 0 saturated heterocycles. The third kappa shape index (κ3) is 3.94. The van der Waals surface area contributed by atoms with Crippen molar-refractivity contribution in [2.24, 2.45) is 0 Å². The minimum atomic E-state index is -0.0332. The Labute approximate surface area is 126 Å². The molecular formula is C17H23N3O. The van der Waals surface area contributed by atoms with E-state index in [-0.39, 0.29) is 11.3 Å². The van der Waals surface area contributed by atoms with Crippen molar-refractivity contribution in [3.63, 3.8) is 0 Å². The number of H-pyrrole nitrogens is 1. The number of carbonyl (C=O) groups excluding carboxylic acids is 1. The van der Waals surface area contributed by atoms with E-state index in [1.165, 1.54) is 5.56 Å². The summed E-state index contributed by atoms with van der Waals surface area (Å²) in [7, 11) is 0. The number of imidazole rings is 1. The van der Waals surface area contributed by atoms with Crippen LogP contribution in [0.1, 0.15) is 48.0 Å². The highest BCUT2D eigenvalue weighted by atomic mass is 16.1. The fourth-order valence-electron chi connectivity index (χ4n) is 2.48. The number of rotatable bonds is 4. The molecule has 0 saturated carbocycles. The monoisotopic (exact) mass is 285 g/mol. The van der Waals surface area contributed by atoms with Crippen molar-refractivity contribution in [1.29, 1.82) is 0 Å². The molecular weight excluding hydrogens is 262 g/mol. The van der Waals surface area contributed by atoms with Gasteiger partial charge in [-0.05, 0) is 35.6 Å². The quantitative estimate of drug-likeness (QED) is 0.907. The summed E-state index contributed by atoms with van der Waals surface area (Å²) in [6.07, 6.45) is 4.22. The van der Waals surface area contributed by atoms with Gasteiger partial charge < -0.3 is 10.3 Å². The zero-order valence-electron chi connectivity index (χ0n) is 13.2. The van der Waals surface area contributed by atoms with Gasteiger partial charge in [0.15, 0.2) is 0 Å². The van der Waals surface area contributed by atoms with Gasteiger partial charge in [-0.2, -0.15) is 0 Å². The van der Waals surface area contributed by atoms with Crippen molar-refractivity contribution in [2.45, 2.75) is 39.5 Å². The van der Waals surface area contributed by atoms with E-state index >= 15 is 0 Å². The number of nitrogens with zero attached hydrogens (tertiary/aromatic N) is 1. The van der Waals surface area contributed by atoms with Crippen LogP contribution in [0, 0.1) is 6.92 Å². The Bertz CT molecular complexity index is 609. The third-order valence-electron chi connectivity index (χ3n) is 3.52. The van der Waals surface area contributed by atoms with Crippen molar-refractivity contribution in [3.05, 3.63) is 53.1 Å². The number of hydrogen-bond acceptors (Lipinski definition) is 2.